The summed E-state index contributed by atoms with van der Waals surface area (Å²) in [5, 5.41) is 0. The Balaban J connectivity index is 2.10. The number of hydrogen-bond donors (Lipinski definition) is 0. The molecule has 1 atom stereocenters. The lowest BCUT2D eigenvalue weighted by molar-refractivity contribution is -0.136. The van der Waals surface area contributed by atoms with Crippen molar-refractivity contribution in [1.29, 1.82) is 0 Å². The summed E-state index contributed by atoms with van der Waals surface area (Å²) in [6.45, 7) is 2.04. The summed E-state index contributed by atoms with van der Waals surface area (Å²) in [6.07, 6.45) is 1.85. The second kappa shape index (κ2) is 9.47. The minimum atomic E-state index is -0.452. The smallest absolute Gasteiger partial charge is 0.356 e. The van der Waals surface area contributed by atoms with E-state index in [9.17, 15) is 4.79 Å². The van der Waals surface area contributed by atoms with E-state index in [-0.39, 0.29) is 5.92 Å². The Morgan fingerprint density at radius 3 is 1.75 bits per heavy atom. The van der Waals surface area contributed by atoms with Crippen LogP contribution in [-0.2, 0) is 9.53 Å². The van der Waals surface area contributed by atoms with E-state index in [2.05, 4.69) is 0 Å². The van der Waals surface area contributed by atoms with Crippen molar-refractivity contribution >= 4 is 11.7 Å². The third kappa shape index (κ3) is 4.83. The molecule has 3 nitrogen and oxygen atoms in total. The molecule has 0 aliphatic rings. The molecule has 0 N–H and O–H groups in total. The first-order chi connectivity index (χ1) is 13.7. The SMILES string of the molecule is COC(=O)/C(=C/C(C)c1ccccc1)N=C(c1ccccc1)c1ccccc1. The molecule has 3 rings (SSSR count). The number of carbonyl (C=O) groups excluding carboxylic acids is 1. The van der Waals surface area contributed by atoms with Crippen LogP contribution in [0.1, 0.15) is 29.5 Å². The molecule has 140 valence electrons. The van der Waals surface area contributed by atoms with Crippen LogP contribution in [0.4, 0.5) is 0 Å². The summed E-state index contributed by atoms with van der Waals surface area (Å²) in [6, 6.07) is 29.7. The summed E-state index contributed by atoms with van der Waals surface area (Å²) in [5.74, 6) is -0.431. The number of allylic oxidation sites excluding steroid dienone is 1. The van der Waals surface area contributed by atoms with Crippen LogP contribution >= 0.6 is 0 Å². The Labute approximate surface area is 166 Å². The zero-order chi connectivity index (χ0) is 19.8. The Morgan fingerprint density at radius 1 is 0.821 bits per heavy atom. The molecule has 0 aliphatic carbocycles. The van der Waals surface area contributed by atoms with Gasteiger partial charge in [-0.3, -0.25) is 0 Å². The molecule has 0 bridgehead atoms. The third-order valence-corrected chi connectivity index (χ3v) is 4.45. The van der Waals surface area contributed by atoms with Crippen molar-refractivity contribution in [3.8, 4) is 0 Å². The maximum absolute atomic E-state index is 12.5. The van der Waals surface area contributed by atoms with Gasteiger partial charge in [0.1, 0.15) is 5.70 Å². The quantitative estimate of drug-likeness (QED) is 0.332. The largest absolute Gasteiger partial charge is 0.464 e. The predicted molar refractivity (Wildman–Crippen MR) is 113 cm³/mol. The van der Waals surface area contributed by atoms with Gasteiger partial charge in [0.25, 0.3) is 0 Å². The molecule has 0 aromatic heterocycles. The molecule has 0 aliphatic heterocycles. The van der Waals surface area contributed by atoms with Crippen molar-refractivity contribution in [2.45, 2.75) is 12.8 Å². The standard InChI is InChI=1S/C25H23NO2/c1-19(20-12-6-3-7-13-20)18-23(25(27)28-2)26-24(21-14-8-4-9-15-21)22-16-10-5-11-17-22/h3-19H,1-2H3/b23-18-. The molecular formula is C25H23NO2. The van der Waals surface area contributed by atoms with Gasteiger partial charge in [0.15, 0.2) is 0 Å². The topological polar surface area (TPSA) is 38.7 Å². The molecule has 0 saturated heterocycles. The van der Waals surface area contributed by atoms with Crippen LogP contribution in [0, 0.1) is 0 Å². The van der Waals surface area contributed by atoms with Gasteiger partial charge in [-0.1, -0.05) is 97.9 Å². The molecule has 3 aromatic rings. The zero-order valence-corrected chi connectivity index (χ0v) is 16.1. The maximum atomic E-state index is 12.5. The second-order valence-corrected chi connectivity index (χ2v) is 6.44. The summed E-state index contributed by atoms with van der Waals surface area (Å²) in [7, 11) is 1.38. The Bertz CT molecular complexity index is 920. The van der Waals surface area contributed by atoms with E-state index in [0.717, 1.165) is 22.4 Å². The van der Waals surface area contributed by atoms with Gasteiger partial charge in [0.05, 0.1) is 12.8 Å². The molecular weight excluding hydrogens is 346 g/mol. The predicted octanol–water partition coefficient (Wildman–Crippen LogP) is 5.38. The molecule has 1 unspecified atom stereocenters. The number of hydrogen-bond acceptors (Lipinski definition) is 3. The lowest BCUT2D eigenvalue weighted by Gasteiger charge is -2.11. The van der Waals surface area contributed by atoms with Gasteiger partial charge < -0.3 is 4.74 Å². The number of carbonyl (C=O) groups is 1. The van der Waals surface area contributed by atoms with Crippen molar-refractivity contribution in [2.75, 3.05) is 7.11 Å². The van der Waals surface area contributed by atoms with E-state index in [1.165, 1.54) is 7.11 Å². The second-order valence-electron chi connectivity index (χ2n) is 6.44. The van der Waals surface area contributed by atoms with Gasteiger partial charge in [-0.2, -0.15) is 0 Å². The van der Waals surface area contributed by atoms with Crippen LogP contribution in [0.5, 0.6) is 0 Å². The number of benzene rings is 3. The fourth-order valence-corrected chi connectivity index (χ4v) is 2.95. The number of esters is 1. The fourth-order valence-electron chi connectivity index (χ4n) is 2.95. The summed E-state index contributed by atoms with van der Waals surface area (Å²) >= 11 is 0. The third-order valence-electron chi connectivity index (χ3n) is 4.45. The number of aliphatic imine (C=N–C) groups is 1. The van der Waals surface area contributed by atoms with E-state index in [0.29, 0.717) is 5.70 Å². The van der Waals surface area contributed by atoms with E-state index in [4.69, 9.17) is 9.73 Å². The monoisotopic (exact) mass is 369 g/mol. The summed E-state index contributed by atoms with van der Waals surface area (Å²) in [5.41, 5.74) is 4.02. The summed E-state index contributed by atoms with van der Waals surface area (Å²) in [4.78, 5) is 17.2. The zero-order valence-electron chi connectivity index (χ0n) is 16.1. The van der Waals surface area contributed by atoms with Gasteiger partial charge in [-0.15, -0.1) is 0 Å². The normalized spacial score (nSPS) is 12.1. The van der Waals surface area contributed by atoms with Crippen LogP contribution in [-0.4, -0.2) is 18.8 Å². The van der Waals surface area contributed by atoms with Gasteiger partial charge in [0.2, 0.25) is 0 Å². The molecule has 0 amide bonds. The number of ether oxygens (including phenoxy) is 1. The first kappa shape index (κ1) is 19.3. The number of methoxy groups -OCH3 is 1. The van der Waals surface area contributed by atoms with Crippen LogP contribution < -0.4 is 0 Å². The Kier molecular flexibility index (Phi) is 6.53. The Hall–Kier alpha value is -3.46. The highest BCUT2D eigenvalue weighted by atomic mass is 16.5. The van der Waals surface area contributed by atoms with Crippen molar-refractivity contribution in [1.82, 2.24) is 0 Å². The van der Waals surface area contributed by atoms with Gasteiger partial charge in [-0.05, 0) is 11.6 Å². The molecule has 28 heavy (non-hydrogen) atoms. The highest BCUT2D eigenvalue weighted by Gasteiger charge is 2.15. The average Bonchev–Trinajstić information content (AvgIpc) is 2.77. The van der Waals surface area contributed by atoms with Crippen molar-refractivity contribution in [3.63, 3.8) is 0 Å². The first-order valence-electron chi connectivity index (χ1n) is 9.23. The molecule has 0 radical (unpaired) electrons. The lowest BCUT2D eigenvalue weighted by atomic mass is 9.99. The molecule has 0 heterocycles. The van der Waals surface area contributed by atoms with E-state index in [1.54, 1.807) is 0 Å². The maximum Gasteiger partial charge on any atom is 0.356 e. The van der Waals surface area contributed by atoms with Crippen molar-refractivity contribution < 1.29 is 9.53 Å². The average molecular weight is 369 g/mol. The van der Waals surface area contributed by atoms with Crippen LogP contribution in [0.2, 0.25) is 0 Å². The highest BCUT2D eigenvalue weighted by Crippen LogP contribution is 2.21. The van der Waals surface area contributed by atoms with E-state index < -0.39 is 5.97 Å². The lowest BCUT2D eigenvalue weighted by Crippen LogP contribution is -2.10. The molecule has 0 saturated carbocycles. The van der Waals surface area contributed by atoms with E-state index in [1.807, 2.05) is 104 Å². The highest BCUT2D eigenvalue weighted by molar-refractivity contribution is 6.14. The molecule has 3 heteroatoms. The first-order valence-corrected chi connectivity index (χ1v) is 9.23. The fraction of sp³-hybridized carbons (Fsp3) is 0.120. The van der Waals surface area contributed by atoms with Crippen LogP contribution in [0.3, 0.4) is 0 Å². The van der Waals surface area contributed by atoms with Crippen LogP contribution in [0.25, 0.3) is 0 Å². The Morgan fingerprint density at radius 2 is 1.29 bits per heavy atom. The molecule has 0 spiro atoms. The summed E-state index contributed by atoms with van der Waals surface area (Å²) < 4.78 is 5.01. The van der Waals surface area contributed by atoms with Gasteiger partial charge in [0, 0.05) is 17.0 Å². The van der Waals surface area contributed by atoms with Gasteiger partial charge >= 0.3 is 5.97 Å². The van der Waals surface area contributed by atoms with Crippen molar-refractivity contribution in [3.05, 3.63) is 119 Å². The van der Waals surface area contributed by atoms with Crippen LogP contribution in [0.15, 0.2) is 108 Å². The molecule has 3 aromatic carbocycles. The van der Waals surface area contributed by atoms with E-state index >= 15 is 0 Å². The number of nitrogens with zero attached hydrogens (tertiary/aromatic N) is 1. The molecule has 0 fully saturated rings. The minimum Gasteiger partial charge on any atom is -0.464 e. The van der Waals surface area contributed by atoms with Gasteiger partial charge in [-0.25, -0.2) is 9.79 Å². The van der Waals surface area contributed by atoms with Crippen molar-refractivity contribution in [2.24, 2.45) is 4.99 Å². The number of rotatable bonds is 6. The minimum absolute atomic E-state index is 0.0202.